The van der Waals surface area contributed by atoms with E-state index in [1.54, 1.807) is 35.5 Å². The average Bonchev–Trinajstić information content (AvgIpc) is 3.10. The van der Waals surface area contributed by atoms with Crippen molar-refractivity contribution < 1.29 is 38.0 Å². The Morgan fingerprint density at radius 2 is 1.26 bits per heavy atom. The Bertz CT molecular complexity index is 1730. The van der Waals surface area contributed by atoms with E-state index >= 15 is 0 Å². The van der Waals surface area contributed by atoms with Crippen LogP contribution in [0.4, 0.5) is 5.69 Å². The molecule has 4 aromatic rings. The van der Waals surface area contributed by atoms with E-state index in [0.717, 1.165) is 27.9 Å². The number of hydrogen-bond acceptors (Lipinski definition) is 9. The van der Waals surface area contributed by atoms with Crippen molar-refractivity contribution in [1.29, 1.82) is 0 Å². The fourth-order valence-corrected chi connectivity index (χ4v) is 5.24. The maximum Gasteiger partial charge on any atom is 0.255 e. The van der Waals surface area contributed by atoms with Crippen LogP contribution < -0.4 is 43.8 Å². The summed E-state index contributed by atoms with van der Waals surface area (Å²) in [5.41, 5.74) is 5.12. The van der Waals surface area contributed by atoms with Crippen molar-refractivity contribution in [2.75, 3.05) is 54.1 Å². The number of amides is 1. The molecule has 0 fully saturated rings. The summed E-state index contributed by atoms with van der Waals surface area (Å²) in [6.07, 6.45) is 4.16. The average molecular weight is 641 g/mol. The van der Waals surface area contributed by atoms with Gasteiger partial charge in [0.1, 0.15) is 6.17 Å². The number of methoxy groups -OCH3 is 5. The van der Waals surface area contributed by atoms with Crippen LogP contribution in [0, 0.1) is 6.92 Å². The van der Waals surface area contributed by atoms with E-state index in [0.29, 0.717) is 65.4 Å². The highest BCUT2D eigenvalue weighted by molar-refractivity contribution is 6.01. The Labute approximate surface area is 275 Å². The molecule has 0 aliphatic carbocycles. The molecule has 10 heteroatoms. The first-order chi connectivity index (χ1) is 22.9. The number of hydrogen-bond donors (Lipinski definition) is 2. The minimum absolute atomic E-state index is 0.122. The maximum atomic E-state index is 12.7. The van der Waals surface area contributed by atoms with Gasteiger partial charge in [-0.2, -0.15) is 0 Å². The highest BCUT2D eigenvalue weighted by atomic mass is 16.5. The second-order valence-electron chi connectivity index (χ2n) is 10.8. The van der Waals surface area contributed by atoms with Crippen LogP contribution in [0.2, 0.25) is 0 Å². The number of nitrogens with one attached hydrogen (secondary N) is 2. The molecule has 1 aliphatic heterocycles. The minimum Gasteiger partial charge on any atom is -0.493 e. The lowest BCUT2D eigenvalue weighted by Crippen LogP contribution is -2.38. The van der Waals surface area contributed by atoms with Crippen LogP contribution in [0.15, 0.2) is 66.7 Å². The maximum absolute atomic E-state index is 12.7. The number of aryl methyl sites for hydroxylation is 1. The van der Waals surface area contributed by atoms with Gasteiger partial charge in [0.25, 0.3) is 5.91 Å². The Morgan fingerprint density at radius 3 is 1.94 bits per heavy atom. The molecular formula is C37H40N2O8. The largest absolute Gasteiger partial charge is 0.493 e. The van der Waals surface area contributed by atoms with E-state index in [1.165, 1.54) is 0 Å². The van der Waals surface area contributed by atoms with Crippen molar-refractivity contribution in [3.8, 4) is 40.2 Å². The summed E-state index contributed by atoms with van der Waals surface area (Å²) in [6, 6.07) is 20.9. The molecule has 0 saturated heterocycles. The number of fused-ring (bicyclic) bond motifs is 1. The van der Waals surface area contributed by atoms with E-state index < -0.39 is 6.17 Å². The molecule has 0 radical (unpaired) electrons. The Kier molecular flexibility index (Phi) is 10.6. The molecular weight excluding hydrogens is 600 g/mol. The number of carbonyl (C=O) groups is 1. The molecule has 1 heterocycles. The predicted molar refractivity (Wildman–Crippen MR) is 182 cm³/mol. The van der Waals surface area contributed by atoms with E-state index in [1.807, 2.05) is 85.8 Å². The van der Waals surface area contributed by atoms with E-state index in [2.05, 4.69) is 10.6 Å². The van der Waals surface area contributed by atoms with Crippen LogP contribution >= 0.6 is 0 Å². The number of anilines is 1. The monoisotopic (exact) mass is 640 g/mol. The minimum atomic E-state index is -0.392. The summed E-state index contributed by atoms with van der Waals surface area (Å²) in [5, 5.41) is 6.40. The quantitative estimate of drug-likeness (QED) is 0.112. The van der Waals surface area contributed by atoms with Gasteiger partial charge < -0.3 is 43.8 Å². The van der Waals surface area contributed by atoms with Gasteiger partial charge in [-0.1, -0.05) is 35.9 Å². The van der Waals surface area contributed by atoms with Crippen molar-refractivity contribution in [2.24, 2.45) is 0 Å². The second kappa shape index (κ2) is 15.2. The fourth-order valence-electron chi connectivity index (χ4n) is 5.24. The molecule has 246 valence electrons. The highest BCUT2D eigenvalue weighted by Crippen LogP contribution is 2.39. The normalized spacial score (nSPS) is 13.7. The zero-order valence-electron chi connectivity index (χ0n) is 27.5. The third-order valence-corrected chi connectivity index (χ3v) is 7.66. The fraction of sp³-hybridized carbons (Fsp3) is 0.270. The lowest BCUT2D eigenvalue weighted by molar-refractivity contribution is 0.0935. The summed E-state index contributed by atoms with van der Waals surface area (Å²) >= 11 is 0. The molecule has 1 unspecified atom stereocenters. The molecule has 0 aromatic heterocycles. The molecule has 10 nitrogen and oxygen atoms in total. The molecule has 1 aliphatic rings. The van der Waals surface area contributed by atoms with Gasteiger partial charge in [-0.05, 0) is 72.1 Å². The van der Waals surface area contributed by atoms with Crippen LogP contribution in [0.25, 0.3) is 12.2 Å². The molecule has 0 saturated carbocycles. The molecule has 1 atom stereocenters. The predicted octanol–water partition coefficient (Wildman–Crippen LogP) is 6.91. The summed E-state index contributed by atoms with van der Waals surface area (Å²) in [7, 11) is 7.96. The SMILES string of the molecule is COc1cc(C2NC(=O)c3cc(C)ccc3N2)ccc1OCCCOc1cc(/C=C/c2cc(OC)c(OC)c(OC)c2)ccc1OC. The van der Waals surface area contributed by atoms with Gasteiger partial charge in [-0.3, -0.25) is 4.79 Å². The van der Waals surface area contributed by atoms with Crippen LogP contribution in [-0.2, 0) is 0 Å². The van der Waals surface area contributed by atoms with Gasteiger partial charge >= 0.3 is 0 Å². The van der Waals surface area contributed by atoms with E-state index in [4.69, 9.17) is 33.2 Å². The zero-order valence-corrected chi connectivity index (χ0v) is 27.5. The molecule has 0 spiro atoms. The van der Waals surface area contributed by atoms with Gasteiger partial charge in [0.15, 0.2) is 34.5 Å². The third kappa shape index (κ3) is 7.66. The molecule has 1 amide bonds. The Balaban J connectivity index is 1.18. The number of ether oxygens (including phenoxy) is 7. The van der Waals surface area contributed by atoms with Crippen LogP contribution in [0.1, 0.15) is 45.2 Å². The zero-order chi connectivity index (χ0) is 33.3. The summed E-state index contributed by atoms with van der Waals surface area (Å²) < 4.78 is 39.6. The van der Waals surface area contributed by atoms with Crippen LogP contribution in [0.5, 0.6) is 40.2 Å². The topological polar surface area (TPSA) is 106 Å². The Hall–Kier alpha value is -5.51. The van der Waals surface area contributed by atoms with Crippen LogP contribution in [0.3, 0.4) is 0 Å². The van der Waals surface area contributed by atoms with Gasteiger partial charge in [-0.25, -0.2) is 0 Å². The first-order valence-corrected chi connectivity index (χ1v) is 15.1. The lowest BCUT2D eigenvalue weighted by atomic mass is 10.0. The number of benzene rings is 4. The first-order valence-electron chi connectivity index (χ1n) is 15.1. The van der Waals surface area contributed by atoms with Gasteiger partial charge in [0.05, 0.1) is 54.3 Å². The van der Waals surface area contributed by atoms with Gasteiger partial charge in [0.2, 0.25) is 5.75 Å². The smallest absolute Gasteiger partial charge is 0.255 e. The number of rotatable bonds is 14. The first kappa shape index (κ1) is 32.9. The molecule has 2 N–H and O–H groups in total. The van der Waals surface area contributed by atoms with Crippen molar-refractivity contribution in [3.63, 3.8) is 0 Å². The molecule has 0 bridgehead atoms. The van der Waals surface area contributed by atoms with E-state index in [-0.39, 0.29) is 5.91 Å². The molecule has 4 aromatic carbocycles. The van der Waals surface area contributed by atoms with Crippen molar-refractivity contribution >= 4 is 23.7 Å². The molecule has 47 heavy (non-hydrogen) atoms. The summed E-state index contributed by atoms with van der Waals surface area (Å²) in [6.45, 7) is 2.78. The third-order valence-electron chi connectivity index (χ3n) is 7.66. The van der Waals surface area contributed by atoms with Crippen molar-refractivity contribution in [1.82, 2.24) is 5.32 Å². The highest BCUT2D eigenvalue weighted by Gasteiger charge is 2.25. The van der Waals surface area contributed by atoms with Gasteiger partial charge in [0, 0.05) is 12.1 Å². The molecule has 5 rings (SSSR count). The van der Waals surface area contributed by atoms with Crippen molar-refractivity contribution in [2.45, 2.75) is 19.5 Å². The standard InChI is InChI=1S/C37H40N2O8/c1-23-8-13-28-27(18-23)37(40)39-36(38-28)26-12-15-30(31(22-26)42-3)46-16-7-17-47-32-19-24(11-14-29(32)41-2)9-10-25-20-33(43-4)35(45-6)34(21-25)44-5/h8-15,18-22,36,38H,7,16-17H2,1-6H3,(H,39,40)/b10-9+. The lowest BCUT2D eigenvalue weighted by Gasteiger charge is -2.28. The van der Waals surface area contributed by atoms with Gasteiger partial charge in [-0.15, -0.1) is 0 Å². The van der Waals surface area contributed by atoms with Crippen LogP contribution in [-0.4, -0.2) is 54.7 Å². The number of carbonyl (C=O) groups excluding carboxylic acids is 1. The van der Waals surface area contributed by atoms with E-state index in [9.17, 15) is 4.79 Å². The Morgan fingerprint density at radius 1 is 0.617 bits per heavy atom. The second-order valence-corrected chi connectivity index (χ2v) is 10.8. The summed E-state index contributed by atoms with van der Waals surface area (Å²) in [5.74, 6) is 4.01. The van der Waals surface area contributed by atoms with Crippen molar-refractivity contribution in [3.05, 3.63) is 94.5 Å². The summed E-state index contributed by atoms with van der Waals surface area (Å²) in [4.78, 5) is 12.7.